The Bertz CT molecular complexity index is 249. The summed E-state index contributed by atoms with van der Waals surface area (Å²) in [5.74, 6) is -15.3. The minimum Gasteiger partial charge on any atom is -0.549 e. The van der Waals surface area contributed by atoms with Gasteiger partial charge in [-0.05, 0) is 0 Å². The summed E-state index contributed by atoms with van der Waals surface area (Å²) in [6.45, 7) is 0. The maximum atomic E-state index is 10.1. The summed E-state index contributed by atoms with van der Waals surface area (Å²) in [5, 5.41) is 40.3. The first-order chi connectivity index (χ1) is 6.29. The van der Waals surface area contributed by atoms with E-state index < -0.39 is 35.7 Å². The largest absolute Gasteiger partial charge is 2.00 e. The van der Waals surface area contributed by atoms with Crippen molar-refractivity contribution in [1.29, 1.82) is 0 Å². The van der Waals surface area contributed by atoms with Gasteiger partial charge >= 0.3 is 34.1 Å². The zero-order valence-electron chi connectivity index (χ0n) is 11.8. The molecule has 0 heterocycles. The van der Waals surface area contributed by atoms with Crippen molar-refractivity contribution in [3.05, 3.63) is 0 Å². The van der Waals surface area contributed by atoms with Crippen LogP contribution in [0, 0.1) is 11.8 Å². The number of carbonyl (C=O) groups excluding carboxylic acids is 4. The van der Waals surface area contributed by atoms with Crippen molar-refractivity contribution in [2.45, 2.75) is 0 Å². The van der Waals surface area contributed by atoms with E-state index in [1.54, 1.807) is 0 Å². The fourth-order valence-corrected chi connectivity index (χ4v) is 0.737. The summed E-state index contributed by atoms with van der Waals surface area (Å²) in [6.07, 6.45) is 0. The normalized spacial score (nSPS) is 5.92. The molecule has 0 aliphatic rings. The van der Waals surface area contributed by atoms with Gasteiger partial charge in [0.25, 0.3) is 0 Å². The van der Waals surface area contributed by atoms with Gasteiger partial charge in [0.2, 0.25) is 0 Å². The van der Waals surface area contributed by atoms with Gasteiger partial charge in [0, 0.05) is 0 Å². The molecule has 16 nitrogen and oxygen atoms in total. The smallest absolute Gasteiger partial charge is 0.549 e. The van der Waals surface area contributed by atoms with Crippen molar-refractivity contribution < 1.29 is 118 Å². The maximum Gasteiger partial charge on any atom is 2.00 e. The second-order valence-corrected chi connectivity index (χ2v) is 2.23. The van der Waals surface area contributed by atoms with Crippen LogP contribution in [0.3, 0.4) is 0 Å². The van der Waals surface area contributed by atoms with Crippen molar-refractivity contribution in [2.75, 3.05) is 0 Å². The van der Waals surface area contributed by atoms with Crippen LogP contribution >= 0.6 is 0 Å². The van der Waals surface area contributed by atoms with E-state index in [4.69, 9.17) is 0 Å². The molecule has 2 radical (unpaired) electrons. The van der Waals surface area contributed by atoms with E-state index in [2.05, 4.69) is 0 Å². The van der Waals surface area contributed by atoms with Crippen molar-refractivity contribution in [3.63, 3.8) is 0 Å². The molecule has 0 bridgehead atoms. The minimum absolute atomic E-state index is 0. The van der Waals surface area contributed by atoms with Gasteiger partial charge in [-0.3, -0.25) is 0 Å². The topological polar surface area (TPSA) is 425 Å². The minimum atomic E-state index is -2.84. The van der Waals surface area contributed by atoms with Crippen LogP contribution in [-0.4, -0.2) is 23.9 Å². The van der Waals surface area contributed by atoms with Crippen LogP contribution in [0.1, 0.15) is 0 Å². The predicted molar refractivity (Wildman–Crippen MR) is 66.0 cm³/mol. The summed E-state index contributed by atoms with van der Waals surface area (Å²) in [6, 6.07) is 0. The van der Waals surface area contributed by atoms with Crippen LogP contribution in [-0.2, 0) is 97.1 Å². The van der Waals surface area contributed by atoms with E-state index in [1.807, 2.05) is 0 Å². The standard InChI is InChI=1S/C6H6O8.2Mn.8H2O/c7-3(8)1(4(9)10)2(5(11)12)6(13)14;;;;;;;;;;/h1-2H,(H,7,8)(H,9,10)(H,11,12)(H,13,14);;;8*1H2/q;2*+2;;;;;;;;/p+4. The van der Waals surface area contributed by atoms with Crippen LogP contribution in [0.4, 0.5) is 0 Å². The molecule has 0 atom stereocenters. The van der Waals surface area contributed by atoms with Gasteiger partial charge in [-0.1, -0.05) is 0 Å². The van der Waals surface area contributed by atoms with Gasteiger partial charge in [0.05, 0.1) is 35.7 Å². The van der Waals surface area contributed by atoms with E-state index in [0.29, 0.717) is 0 Å². The Morgan fingerprint density at radius 2 is 0.500 bits per heavy atom. The molecule has 18 heteroatoms. The quantitative estimate of drug-likeness (QED) is 0.213. The Kier molecular flexibility index (Phi) is 109. The number of hydrogen-bond donors (Lipinski definition) is 0. The fraction of sp³-hybridized carbons (Fsp3) is 0.333. The third-order valence-electron chi connectivity index (χ3n) is 1.35. The average Bonchev–Trinajstić information content (AvgIpc) is 1.96. The van der Waals surface area contributed by atoms with Gasteiger partial charge < -0.3 is 83.4 Å². The summed E-state index contributed by atoms with van der Waals surface area (Å²) in [5.41, 5.74) is 0. The summed E-state index contributed by atoms with van der Waals surface area (Å²) < 4.78 is 0. The summed E-state index contributed by atoms with van der Waals surface area (Å²) >= 11 is 0. The van der Waals surface area contributed by atoms with E-state index in [9.17, 15) is 39.6 Å². The number of hydrogen-bond acceptors (Lipinski definition) is 8. The van der Waals surface area contributed by atoms with Gasteiger partial charge in [-0.15, -0.1) is 0 Å². The zero-order valence-corrected chi connectivity index (χ0v) is 14.2. The van der Waals surface area contributed by atoms with E-state index in [-0.39, 0.29) is 77.9 Å². The van der Waals surface area contributed by atoms with Crippen LogP contribution < -0.4 is 20.4 Å². The third kappa shape index (κ3) is 22.9. The first-order valence-electron chi connectivity index (χ1n) is 3.12. The van der Waals surface area contributed by atoms with Crippen LogP contribution in [0.2, 0.25) is 0 Å². The first kappa shape index (κ1) is 78.4. The Labute approximate surface area is 153 Å². The van der Waals surface area contributed by atoms with Gasteiger partial charge in [0.15, 0.2) is 0 Å². The van der Waals surface area contributed by atoms with Crippen LogP contribution in [0.25, 0.3) is 0 Å². The van der Waals surface area contributed by atoms with Crippen LogP contribution in [0.15, 0.2) is 0 Å². The second-order valence-electron chi connectivity index (χ2n) is 2.23. The van der Waals surface area contributed by atoms with E-state index in [0.717, 1.165) is 0 Å². The zero-order chi connectivity index (χ0) is 11.5. The Hall–Kier alpha value is -1.40. The molecule has 0 saturated carbocycles. The number of carboxylic acids is 4. The fourth-order valence-electron chi connectivity index (χ4n) is 0.737. The molecule has 0 saturated heterocycles. The third-order valence-corrected chi connectivity index (χ3v) is 1.35. The molecular formula is C6H26Mn2O16+8. The van der Waals surface area contributed by atoms with Gasteiger partial charge in [-0.25, -0.2) is 0 Å². The summed E-state index contributed by atoms with van der Waals surface area (Å²) in [4.78, 5) is 40.3. The Balaban J connectivity index is -0.0000000188. The van der Waals surface area contributed by atoms with Crippen LogP contribution in [0.5, 0.6) is 0 Å². The van der Waals surface area contributed by atoms with Crippen molar-refractivity contribution >= 4 is 23.9 Å². The Morgan fingerprint density at radius 1 is 0.417 bits per heavy atom. The van der Waals surface area contributed by atoms with E-state index >= 15 is 0 Å². The monoisotopic (exact) mass is 464 g/mol. The molecule has 0 aromatic carbocycles. The van der Waals surface area contributed by atoms with Crippen molar-refractivity contribution in [3.8, 4) is 0 Å². The predicted octanol–water partition coefficient (Wildman–Crippen LogP) is -14.2. The van der Waals surface area contributed by atoms with Gasteiger partial charge in [0.1, 0.15) is 0 Å². The second kappa shape index (κ2) is 33.3. The molecule has 0 amide bonds. The number of rotatable bonds is 5. The average molecular weight is 464 g/mol. The number of carboxylic acid groups (broad SMARTS) is 4. The molecule has 152 valence electrons. The first-order valence-corrected chi connectivity index (χ1v) is 3.12. The molecule has 0 spiro atoms. The van der Waals surface area contributed by atoms with Crippen molar-refractivity contribution in [2.24, 2.45) is 11.8 Å². The number of aliphatic carboxylic acids is 4. The molecule has 0 aliphatic carbocycles. The number of carbonyl (C=O) groups is 4. The molecule has 0 rings (SSSR count). The molecule has 0 fully saturated rings. The molecule has 0 aliphatic heterocycles. The molecule has 24 N–H and O–H groups in total. The molecule has 0 aromatic heterocycles. The Morgan fingerprint density at radius 3 is 0.542 bits per heavy atom. The maximum absolute atomic E-state index is 10.1. The molecule has 24 heavy (non-hydrogen) atoms. The van der Waals surface area contributed by atoms with Crippen molar-refractivity contribution in [1.82, 2.24) is 0 Å². The van der Waals surface area contributed by atoms with E-state index in [1.165, 1.54) is 0 Å². The molecule has 0 aromatic rings. The summed E-state index contributed by atoms with van der Waals surface area (Å²) in [7, 11) is 0. The van der Waals surface area contributed by atoms with Gasteiger partial charge in [-0.2, -0.15) is 0 Å². The molecular weight excluding hydrogens is 438 g/mol. The SMILES string of the molecule is O=C([O-])C(C(=O)[O-])C(C(=O)[O-])C(=O)[O-].[Mn+2].[Mn+2].[OH3+].[OH3+].[OH3+].[OH3+].[OH3+].[OH3+].[OH3+].[OH3+]. The molecule has 0 unspecified atom stereocenters.